The summed E-state index contributed by atoms with van der Waals surface area (Å²) in [7, 11) is 0. The topological polar surface area (TPSA) is 35.6 Å². The Kier molecular flexibility index (Phi) is 2.52. The van der Waals surface area contributed by atoms with E-state index in [2.05, 4.69) is 74.1 Å². The van der Waals surface area contributed by atoms with E-state index in [1.807, 2.05) is 18.2 Å². The van der Waals surface area contributed by atoms with Crippen LogP contribution in [0.5, 0.6) is 0 Å². The van der Waals surface area contributed by atoms with Gasteiger partial charge in [0.2, 0.25) is 0 Å². The van der Waals surface area contributed by atoms with Crippen molar-refractivity contribution in [2.75, 3.05) is 0 Å². The Morgan fingerprint density at radius 2 is 1.52 bits per heavy atom. The van der Waals surface area contributed by atoms with Gasteiger partial charge in [-0.2, -0.15) is 0 Å². The van der Waals surface area contributed by atoms with Crippen molar-refractivity contribution in [2.45, 2.75) is 6.54 Å². The average molecular weight is 298 g/mol. The number of nitrogens with zero attached hydrogens (tertiary/aromatic N) is 4. The maximum atomic E-state index is 4.50. The fraction of sp³-hybridized carbons (Fsp3) is 0.0526. The molecule has 0 N–H and O–H groups in total. The summed E-state index contributed by atoms with van der Waals surface area (Å²) in [5.74, 6) is 1.77. The lowest BCUT2D eigenvalue weighted by atomic mass is 10.1. The standard InChI is InChI=1S/C19H14N4/c1-2-7-14(8-3-1)18-20-21-19-17-11-6-12-22(17)13-15-9-4-5-10-16(15)23(18)19/h1-12H,13H2. The highest BCUT2D eigenvalue weighted by atomic mass is 15.3. The fourth-order valence-corrected chi connectivity index (χ4v) is 3.25. The van der Waals surface area contributed by atoms with Gasteiger partial charge in [0.1, 0.15) is 0 Å². The van der Waals surface area contributed by atoms with Crippen LogP contribution < -0.4 is 0 Å². The molecule has 0 unspecified atom stereocenters. The summed E-state index contributed by atoms with van der Waals surface area (Å²) < 4.78 is 4.39. The zero-order chi connectivity index (χ0) is 15.2. The van der Waals surface area contributed by atoms with E-state index in [1.54, 1.807) is 0 Å². The minimum Gasteiger partial charge on any atom is -0.340 e. The van der Waals surface area contributed by atoms with E-state index in [0.29, 0.717) is 0 Å². The second kappa shape index (κ2) is 4.68. The van der Waals surface area contributed by atoms with Crippen LogP contribution in [-0.4, -0.2) is 19.3 Å². The van der Waals surface area contributed by atoms with E-state index in [0.717, 1.165) is 35.1 Å². The van der Waals surface area contributed by atoms with Gasteiger partial charge in [-0.05, 0) is 23.8 Å². The molecule has 0 bridgehead atoms. The Labute approximate surface area is 133 Å². The predicted octanol–water partition coefficient (Wildman–Crippen LogP) is 3.76. The van der Waals surface area contributed by atoms with Gasteiger partial charge in [-0.15, -0.1) is 10.2 Å². The Bertz CT molecular complexity index is 995. The first-order chi connectivity index (χ1) is 11.4. The van der Waals surface area contributed by atoms with Crippen LogP contribution in [0.25, 0.3) is 28.6 Å². The summed E-state index contributed by atoms with van der Waals surface area (Å²) >= 11 is 0. The van der Waals surface area contributed by atoms with Crippen LogP contribution in [0, 0.1) is 0 Å². The summed E-state index contributed by atoms with van der Waals surface area (Å²) in [6, 6.07) is 22.8. The van der Waals surface area contributed by atoms with Crippen molar-refractivity contribution >= 4 is 0 Å². The molecular formula is C19H14N4. The molecule has 3 heterocycles. The van der Waals surface area contributed by atoms with E-state index < -0.39 is 0 Å². The second-order valence-electron chi connectivity index (χ2n) is 5.70. The maximum Gasteiger partial charge on any atom is 0.185 e. The van der Waals surface area contributed by atoms with Crippen LogP contribution in [0.15, 0.2) is 72.9 Å². The molecule has 110 valence electrons. The van der Waals surface area contributed by atoms with Crippen molar-refractivity contribution in [2.24, 2.45) is 0 Å². The van der Waals surface area contributed by atoms with Crippen LogP contribution in [0.4, 0.5) is 0 Å². The molecule has 1 aliphatic rings. The van der Waals surface area contributed by atoms with Gasteiger partial charge in [0.25, 0.3) is 0 Å². The van der Waals surface area contributed by atoms with Crippen LogP contribution >= 0.6 is 0 Å². The molecule has 0 amide bonds. The zero-order valence-corrected chi connectivity index (χ0v) is 12.4. The summed E-state index contributed by atoms with van der Waals surface area (Å²) in [4.78, 5) is 0. The Morgan fingerprint density at radius 3 is 2.43 bits per heavy atom. The van der Waals surface area contributed by atoms with Crippen LogP contribution in [0.3, 0.4) is 0 Å². The molecule has 4 aromatic rings. The predicted molar refractivity (Wildman–Crippen MR) is 89.3 cm³/mol. The smallest absolute Gasteiger partial charge is 0.185 e. The molecule has 0 radical (unpaired) electrons. The third kappa shape index (κ3) is 1.78. The first-order valence-electron chi connectivity index (χ1n) is 7.66. The summed E-state index contributed by atoms with van der Waals surface area (Å²) in [6.07, 6.45) is 2.10. The number of para-hydroxylation sites is 1. The second-order valence-corrected chi connectivity index (χ2v) is 5.70. The molecular weight excluding hydrogens is 284 g/mol. The fourth-order valence-electron chi connectivity index (χ4n) is 3.25. The number of hydrogen-bond donors (Lipinski definition) is 0. The molecule has 4 nitrogen and oxygen atoms in total. The minimum absolute atomic E-state index is 0.843. The number of aromatic nitrogens is 4. The molecule has 5 rings (SSSR count). The Balaban J connectivity index is 1.87. The van der Waals surface area contributed by atoms with E-state index in [9.17, 15) is 0 Å². The molecule has 1 aliphatic heterocycles. The van der Waals surface area contributed by atoms with Crippen LogP contribution in [-0.2, 0) is 6.54 Å². The number of benzene rings is 2. The number of hydrogen-bond acceptors (Lipinski definition) is 2. The van der Waals surface area contributed by atoms with Crippen molar-refractivity contribution in [3.63, 3.8) is 0 Å². The molecule has 2 aromatic carbocycles. The van der Waals surface area contributed by atoms with E-state index in [-0.39, 0.29) is 0 Å². The maximum absolute atomic E-state index is 4.50. The van der Waals surface area contributed by atoms with Gasteiger partial charge in [-0.3, -0.25) is 4.57 Å². The van der Waals surface area contributed by atoms with Gasteiger partial charge >= 0.3 is 0 Å². The van der Waals surface area contributed by atoms with E-state index >= 15 is 0 Å². The first-order valence-corrected chi connectivity index (χ1v) is 7.66. The van der Waals surface area contributed by atoms with Crippen molar-refractivity contribution < 1.29 is 0 Å². The summed E-state index contributed by atoms with van der Waals surface area (Å²) in [6.45, 7) is 0.843. The zero-order valence-electron chi connectivity index (χ0n) is 12.4. The molecule has 0 saturated heterocycles. The van der Waals surface area contributed by atoms with Crippen molar-refractivity contribution in [1.82, 2.24) is 19.3 Å². The lowest BCUT2D eigenvalue weighted by molar-refractivity contribution is 0.816. The molecule has 0 aliphatic carbocycles. The van der Waals surface area contributed by atoms with Gasteiger partial charge in [0.15, 0.2) is 11.6 Å². The van der Waals surface area contributed by atoms with Crippen molar-refractivity contribution in [3.8, 4) is 28.6 Å². The van der Waals surface area contributed by atoms with Gasteiger partial charge in [-0.25, -0.2) is 0 Å². The van der Waals surface area contributed by atoms with E-state index in [4.69, 9.17) is 0 Å². The molecule has 0 fully saturated rings. The SMILES string of the molecule is c1ccc(-c2nnc3n2-c2ccccc2Cn2cccc2-3)cc1. The van der Waals surface area contributed by atoms with E-state index in [1.165, 1.54) is 5.56 Å². The summed E-state index contributed by atoms with van der Waals surface area (Å²) in [5.41, 5.74) is 4.58. The normalized spacial score (nSPS) is 12.2. The first kappa shape index (κ1) is 12.4. The van der Waals surface area contributed by atoms with Gasteiger partial charge in [0.05, 0.1) is 11.4 Å². The number of fused-ring (bicyclic) bond motifs is 5. The molecule has 23 heavy (non-hydrogen) atoms. The summed E-state index contributed by atoms with van der Waals surface area (Å²) in [5, 5.41) is 8.98. The third-order valence-electron chi connectivity index (χ3n) is 4.33. The number of rotatable bonds is 1. The largest absolute Gasteiger partial charge is 0.340 e. The molecule has 0 saturated carbocycles. The molecule has 0 spiro atoms. The molecule has 2 aromatic heterocycles. The monoisotopic (exact) mass is 298 g/mol. The Hall–Kier alpha value is -3.14. The highest BCUT2D eigenvalue weighted by molar-refractivity contribution is 5.67. The third-order valence-corrected chi connectivity index (χ3v) is 4.33. The van der Waals surface area contributed by atoms with Crippen molar-refractivity contribution in [3.05, 3.63) is 78.5 Å². The lowest BCUT2D eigenvalue weighted by Crippen LogP contribution is -2.01. The van der Waals surface area contributed by atoms with Gasteiger partial charge < -0.3 is 4.57 Å². The quantitative estimate of drug-likeness (QED) is 0.472. The molecule has 4 heteroatoms. The molecule has 0 atom stereocenters. The minimum atomic E-state index is 0.843. The van der Waals surface area contributed by atoms with Gasteiger partial charge in [-0.1, -0.05) is 48.5 Å². The highest BCUT2D eigenvalue weighted by Crippen LogP contribution is 2.33. The van der Waals surface area contributed by atoms with Crippen LogP contribution in [0.2, 0.25) is 0 Å². The average Bonchev–Trinajstić information content (AvgIpc) is 3.20. The lowest BCUT2D eigenvalue weighted by Gasteiger charge is -2.11. The highest BCUT2D eigenvalue weighted by Gasteiger charge is 2.23. The van der Waals surface area contributed by atoms with Crippen LogP contribution in [0.1, 0.15) is 5.56 Å². The van der Waals surface area contributed by atoms with Gasteiger partial charge in [0, 0.05) is 18.3 Å². The van der Waals surface area contributed by atoms with Crippen molar-refractivity contribution in [1.29, 1.82) is 0 Å². The Morgan fingerprint density at radius 1 is 0.739 bits per heavy atom.